The van der Waals surface area contributed by atoms with Crippen LogP contribution in [0.3, 0.4) is 0 Å². The maximum atomic E-state index is 6.41. The van der Waals surface area contributed by atoms with Crippen molar-refractivity contribution in [2.45, 2.75) is 26.3 Å². The lowest BCUT2D eigenvalue weighted by molar-refractivity contribution is 1.06. The predicted molar refractivity (Wildman–Crippen MR) is 106 cm³/mol. The summed E-state index contributed by atoms with van der Waals surface area (Å²) < 4.78 is 1.57. The number of fused-ring (bicyclic) bond motifs is 3. The monoisotopic (exact) mass is 354 g/mol. The van der Waals surface area contributed by atoms with E-state index < -0.39 is 8.07 Å². The third kappa shape index (κ3) is 2.16. The molecule has 4 rings (SSSR count). The molecule has 3 aromatic rings. The molecule has 0 fully saturated rings. The van der Waals surface area contributed by atoms with E-state index in [0.717, 1.165) is 5.02 Å². The zero-order valence-corrected chi connectivity index (χ0v) is 16.0. The Morgan fingerprint density at radius 3 is 2.52 bits per heavy atom. The molecular weight excluding hydrogens is 336 g/mol. The van der Waals surface area contributed by atoms with Crippen molar-refractivity contribution in [1.29, 1.82) is 0 Å². The van der Waals surface area contributed by atoms with E-state index in [2.05, 4.69) is 61.7 Å². The Bertz CT molecular complexity index is 883. The Balaban J connectivity index is 2.11. The molecule has 0 saturated carbocycles. The molecule has 116 valence electrons. The van der Waals surface area contributed by atoms with Crippen LogP contribution in [0.2, 0.25) is 11.1 Å². The molecule has 23 heavy (non-hydrogen) atoms. The zero-order chi connectivity index (χ0) is 16.0. The number of benzene rings is 2. The number of halogens is 1. The first-order chi connectivity index (χ1) is 11.2. The zero-order valence-electron chi connectivity index (χ0n) is 13.4. The fourth-order valence-electron chi connectivity index (χ4n) is 4.03. The molecule has 0 N–H and O–H groups in total. The van der Waals surface area contributed by atoms with Crippen LogP contribution < -0.4 is 14.9 Å². The van der Waals surface area contributed by atoms with Crippen LogP contribution in [0.25, 0.3) is 11.1 Å². The Labute approximate surface area is 147 Å². The van der Waals surface area contributed by atoms with E-state index in [-0.39, 0.29) is 0 Å². The van der Waals surface area contributed by atoms with Gasteiger partial charge in [-0.3, -0.25) is 0 Å². The summed E-state index contributed by atoms with van der Waals surface area (Å²) in [5.41, 5.74) is 4.20. The van der Waals surface area contributed by atoms with Crippen molar-refractivity contribution in [3.63, 3.8) is 0 Å². The minimum absolute atomic E-state index is 0.859. The highest BCUT2D eigenvalue weighted by atomic mass is 35.5. The highest BCUT2D eigenvalue weighted by Crippen LogP contribution is 2.33. The summed E-state index contributed by atoms with van der Waals surface area (Å²) in [4.78, 5) is 0. The van der Waals surface area contributed by atoms with Gasteiger partial charge in [-0.25, -0.2) is 0 Å². The van der Waals surface area contributed by atoms with E-state index in [0.29, 0.717) is 0 Å². The maximum absolute atomic E-state index is 6.41. The second kappa shape index (κ2) is 5.62. The average molecular weight is 355 g/mol. The number of hydrogen-bond donors (Lipinski definition) is 0. The molecule has 0 bridgehead atoms. The van der Waals surface area contributed by atoms with Gasteiger partial charge in [0, 0.05) is 9.52 Å². The van der Waals surface area contributed by atoms with Crippen LogP contribution in [-0.4, -0.2) is 8.07 Å². The molecule has 1 aliphatic heterocycles. The molecule has 0 nitrogen and oxygen atoms in total. The maximum Gasteiger partial charge on any atom is 0.161 e. The van der Waals surface area contributed by atoms with Crippen LogP contribution in [0.15, 0.2) is 53.9 Å². The van der Waals surface area contributed by atoms with Gasteiger partial charge in [0.2, 0.25) is 0 Å². The number of hydrogen-bond acceptors (Lipinski definition) is 1. The summed E-state index contributed by atoms with van der Waals surface area (Å²) in [7, 11) is -1.93. The molecule has 0 saturated heterocycles. The standard InChI is InChI=1S/C20H19ClSSi/c1-3-10-23(20-11-14(2)13-22-20)18-7-5-4-6-16(18)17-9-8-15(21)12-19(17)23/h4-9,11-13H,3,10H2,1-2H3/t23-/m0/s1. The molecule has 0 radical (unpaired) electrons. The van der Waals surface area contributed by atoms with Crippen molar-refractivity contribution in [3.05, 3.63) is 64.5 Å². The van der Waals surface area contributed by atoms with E-state index in [4.69, 9.17) is 11.6 Å². The van der Waals surface area contributed by atoms with Gasteiger partial charge in [-0.2, -0.15) is 11.3 Å². The summed E-state index contributed by atoms with van der Waals surface area (Å²) in [6.45, 7) is 4.51. The summed E-state index contributed by atoms with van der Waals surface area (Å²) in [6.07, 6.45) is 1.20. The molecule has 0 spiro atoms. The van der Waals surface area contributed by atoms with Crippen molar-refractivity contribution < 1.29 is 0 Å². The van der Waals surface area contributed by atoms with Gasteiger partial charge in [0.1, 0.15) is 0 Å². The van der Waals surface area contributed by atoms with E-state index in [1.54, 1.807) is 9.69 Å². The van der Waals surface area contributed by atoms with E-state index in [1.165, 1.54) is 34.3 Å². The van der Waals surface area contributed by atoms with E-state index in [9.17, 15) is 0 Å². The highest BCUT2D eigenvalue weighted by molar-refractivity contribution is 7.32. The van der Waals surface area contributed by atoms with Gasteiger partial charge in [0.25, 0.3) is 0 Å². The van der Waals surface area contributed by atoms with Gasteiger partial charge in [-0.1, -0.05) is 55.3 Å². The minimum atomic E-state index is -1.93. The molecule has 1 aromatic heterocycles. The number of rotatable bonds is 3. The van der Waals surface area contributed by atoms with Crippen molar-refractivity contribution >= 4 is 45.9 Å². The molecule has 0 amide bonds. The summed E-state index contributed by atoms with van der Waals surface area (Å²) in [6, 6.07) is 19.2. The topological polar surface area (TPSA) is 0 Å². The highest BCUT2D eigenvalue weighted by Gasteiger charge is 2.47. The van der Waals surface area contributed by atoms with Crippen LogP contribution >= 0.6 is 22.9 Å². The van der Waals surface area contributed by atoms with E-state index >= 15 is 0 Å². The smallest absolute Gasteiger partial charge is 0.152 e. The fourth-order valence-corrected chi connectivity index (χ4v) is 11.8. The van der Waals surface area contributed by atoms with Crippen LogP contribution in [-0.2, 0) is 0 Å². The SMILES string of the molecule is CCC[Si@]1(c2cc(C)cs2)c2ccccc2-c2ccc(Cl)cc21. The van der Waals surface area contributed by atoms with Crippen LogP contribution in [0.1, 0.15) is 18.9 Å². The summed E-state index contributed by atoms with van der Waals surface area (Å²) in [5, 5.41) is 6.24. The van der Waals surface area contributed by atoms with Gasteiger partial charge >= 0.3 is 0 Å². The van der Waals surface area contributed by atoms with Gasteiger partial charge in [-0.15, -0.1) is 0 Å². The molecule has 3 heteroatoms. The van der Waals surface area contributed by atoms with Crippen LogP contribution in [0.4, 0.5) is 0 Å². The second-order valence-corrected chi connectivity index (χ2v) is 12.0. The fraction of sp³-hybridized carbons (Fsp3) is 0.200. The average Bonchev–Trinajstić information content (AvgIpc) is 3.09. The van der Waals surface area contributed by atoms with Gasteiger partial charge in [-0.05, 0) is 63.6 Å². The van der Waals surface area contributed by atoms with Crippen LogP contribution in [0, 0.1) is 6.92 Å². The quantitative estimate of drug-likeness (QED) is 0.604. The molecule has 2 aromatic carbocycles. The molecule has 2 heterocycles. The Hall–Kier alpha value is -1.35. The lowest BCUT2D eigenvalue weighted by Crippen LogP contribution is -2.63. The van der Waals surface area contributed by atoms with Gasteiger partial charge in [0.15, 0.2) is 8.07 Å². The van der Waals surface area contributed by atoms with Gasteiger partial charge < -0.3 is 0 Å². The summed E-state index contributed by atoms with van der Waals surface area (Å²) >= 11 is 8.35. The van der Waals surface area contributed by atoms with Crippen molar-refractivity contribution in [2.75, 3.05) is 0 Å². The predicted octanol–water partition coefficient (Wildman–Crippen LogP) is 4.57. The molecule has 0 aliphatic carbocycles. The third-order valence-corrected chi connectivity index (χ3v) is 12.3. The first-order valence-electron chi connectivity index (χ1n) is 8.12. The molecule has 1 atom stereocenters. The van der Waals surface area contributed by atoms with Crippen molar-refractivity contribution in [1.82, 2.24) is 0 Å². The van der Waals surface area contributed by atoms with Crippen molar-refractivity contribution in [2.24, 2.45) is 0 Å². The minimum Gasteiger partial charge on any atom is -0.152 e. The molecule has 0 unspecified atom stereocenters. The molecular formula is C20H19ClSSi. The van der Waals surface area contributed by atoms with Gasteiger partial charge in [0.05, 0.1) is 0 Å². The number of thiophene rings is 1. The first-order valence-corrected chi connectivity index (χ1v) is 11.6. The number of aryl methyl sites for hydroxylation is 1. The van der Waals surface area contributed by atoms with E-state index in [1.807, 2.05) is 17.4 Å². The Kier molecular flexibility index (Phi) is 3.71. The third-order valence-electron chi connectivity index (χ3n) is 4.89. The Morgan fingerprint density at radius 2 is 1.78 bits per heavy atom. The lowest BCUT2D eigenvalue weighted by Gasteiger charge is -2.28. The summed E-state index contributed by atoms with van der Waals surface area (Å²) in [5.74, 6) is 0. The Morgan fingerprint density at radius 1 is 1.00 bits per heavy atom. The largest absolute Gasteiger partial charge is 0.161 e. The van der Waals surface area contributed by atoms with Crippen molar-refractivity contribution in [3.8, 4) is 11.1 Å². The normalized spacial score (nSPS) is 18.7. The molecule has 1 aliphatic rings. The first kappa shape index (κ1) is 15.2. The van der Waals surface area contributed by atoms with Crippen LogP contribution in [0.5, 0.6) is 0 Å². The lowest BCUT2D eigenvalue weighted by atomic mass is 10.1. The second-order valence-electron chi connectivity index (χ2n) is 6.38.